The van der Waals surface area contributed by atoms with Crippen molar-refractivity contribution in [2.75, 3.05) is 12.8 Å². The van der Waals surface area contributed by atoms with Gasteiger partial charge in [-0.2, -0.15) is 0 Å². The lowest BCUT2D eigenvalue weighted by Gasteiger charge is -2.26. The van der Waals surface area contributed by atoms with Crippen molar-refractivity contribution in [2.45, 2.75) is 51.1 Å². The van der Waals surface area contributed by atoms with Crippen LogP contribution in [0, 0.1) is 0 Å². The van der Waals surface area contributed by atoms with E-state index in [9.17, 15) is 0 Å². The Morgan fingerprint density at radius 1 is 1.29 bits per heavy atom. The standard InChI is InChI=1S/C14H23N3/c1-17(14-6-4-2-3-5-7-14)11-13-10-12(15)8-9-16-13/h8-10,14H,2-7,11H2,1H3,(H2,15,16). The van der Waals surface area contributed by atoms with E-state index in [1.165, 1.54) is 38.5 Å². The molecule has 1 aliphatic carbocycles. The minimum Gasteiger partial charge on any atom is -0.399 e. The molecule has 0 aliphatic heterocycles. The van der Waals surface area contributed by atoms with E-state index in [4.69, 9.17) is 5.73 Å². The zero-order valence-electron chi connectivity index (χ0n) is 10.7. The molecule has 3 heteroatoms. The van der Waals surface area contributed by atoms with Crippen LogP contribution in [-0.4, -0.2) is 23.0 Å². The second kappa shape index (κ2) is 6.01. The fraction of sp³-hybridized carbons (Fsp3) is 0.643. The van der Waals surface area contributed by atoms with Gasteiger partial charge in [-0.15, -0.1) is 0 Å². The molecule has 3 nitrogen and oxygen atoms in total. The summed E-state index contributed by atoms with van der Waals surface area (Å²) in [6, 6.07) is 4.54. The summed E-state index contributed by atoms with van der Waals surface area (Å²) in [6.07, 6.45) is 10.0. The van der Waals surface area contributed by atoms with E-state index in [1.807, 2.05) is 12.1 Å². The number of nitrogens with two attached hydrogens (primary N) is 1. The van der Waals surface area contributed by atoms with Crippen LogP contribution in [0.4, 0.5) is 5.69 Å². The van der Waals surface area contributed by atoms with Crippen LogP contribution >= 0.6 is 0 Å². The van der Waals surface area contributed by atoms with Crippen LogP contribution in [0.1, 0.15) is 44.2 Å². The molecule has 0 atom stereocenters. The van der Waals surface area contributed by atoms with E-state index in [2.05, 4.69) is 16.9 Å². The summed E-state index contributed by atoms with van der Waals surface area (Å²) >= 11 is 0. The van der Waals surface area contributed by atoms with Crippen molar-refractivity contribution in [3.8, 4) is 0 Å². The van der Waals surface area contributed by atoms with Gasteiger partial charge in [-0.25, -0.2) is 0 Å². The molecule has 1 fully saturated rings. The third-order valence-corrected chi connectivity index (χ3v) is 3.70. The molecule has 1 aromatic rings. The van der Waals surface area contributed by atoms with Crippen LogP contribution < -0.4 is 5.73 Å². The average molecular weight is 233 g/mol. The Morgan fingerprint density at radius 3 is 2.65 bits per heavy atom. The highest BCUT2D eigenvalue weighted by Gasteiger charge is 2.17. The number of pyridine rings is 1. The molecule has 0 saturated heterocycles. The number of nitrogen functional groups attached to an aromatic ring is 1. The molecule has 0 aromatic carbocycles. The molecule has 94 valence electrons. The van der Waals surface area contributed by atoms with Gasteiger partial charge >= 0.3 is 0 Å². The van der Waals surface area contributed by atoms with Crippen LogP contribution in [0.3, 0.4) is 0 Å². The van der Waals surface area contributed by atoms with Gasteiger partial charge in [0.05, 0.1) is 5.69 Å². The summed E-state index contributed by atoms with van der Waals surface area (Å²) in [5.41, 5.74) is 7.67. The van der Waals surface area contributed by atoms with Crippen LogP contribution in [0.25, 0.3) is 0 Å². The van der Waals surface area contributed by atoms with Gasteiger partial charge in [0, 0.05) is 24.5 Å². The van der Waals surface area contributed by atoms with Gasteiger partial charge < -0.3 is 5.73 Å². The summed E-state index contributed by atoms with van der Waals surface area (Å²) < 4.78 is 0. The van der Waals surface area contributed by atoms with Gasteiger partial charge in [0.1, 0.15) is 0 Å². The Bertz CT molecular complexity index is 343. The second-order valence-corrected chi connectivity index (χ2v) is 5.14. The zero-order valence-corrected chi connectivity index (χ0v) is 10.7. The summed E-state index contributed by atoms with van der Waals surface area (Å²) in [5, 5.41) is 0. The largest absolute Gasteiger partial charge is 0.399 e. The van der Waals surface area contributed by atoms with Gasteiger partial charge in [-0.3, -0.25) is 9.88 Å². The molecule has 2 N–H and O–H groups in total. The maximum atomic E-state index is 5.78. The molecule has 0 amide bonds. The molecule has 2 rings (SSSR count). The highest BCUT2D eigenvalue weighted by atomic mass is 15.1. The molecule has 1 heterocycles. The van der Waals surface area contributed by atoms with Crippen molar-refractivity contribution in [3.05, 3.63) is 24.0 Å². The van der Waals surface area contributed by atoms with Crippen LogP contribution in [-0.2, 0) is 6.54 Å². The Labute approximate surface area is 104 Å². The molecule has 1 saturated carbocycles. The van der Waals surface area contributed by atoms with E-state index < -0.39 is 0 Å². The first-order chi connectivity index (χ1) is 8.25. The lowest BCUT2D eigenvalue weighted by molar-refractivity contribution is 0.211. The molecule has 17 heavy (non-hydrogen) atoms. The molecule has 1 aromatic heterocycles. The van der Waals surface area contributed by atoms with Crippen molar-refractivity contribution in [3.63, 3.8) is 0 Å². The normalized spacial score (nSPS) is 18.2. The first-order valence-electron chi connectivity index (χ1n) is 6.66. The Hall–Kier alpha value is -1.09. The number of rotatable bonds is 3. The predicted molar refractivity (Wildman–Crippen MR) is 71.6 cm³/mol. The fourth-order valence-electron chi connectivity index (χ4n) is 2.67. The van der Waals surface area contributed by atoms with Gasteiger partial charge in [0.2, 0.25) is 0 Å². The van der Waals surface area contributed by atoms with Gasteiger partial charge in [0.15, 0.2) is 0 Å². The minimum absolute atomic E-state index is 0.723. The molecular formula is C14H23N3. The third kappa shape index (κ3) is 3.70. The maximum Gasteiger partial charge on any atom is 0.0564 e. The van der Waals surface area contributed by atoms with Crippen molar-refractivity contribution >= 4 is 5.69 Å². The number of anilines is 1. The van der Waals surface area contributed by atoms with Crippen molar-refractivity contribution in [1.82, 2.24) is 9.88 Å². The highest BCUT2D eigenvalue weighted by molar-refractivity contribution is 5.37. The zero-order chi connectivity index (χ0) is 12.1. The summed E-state index contributed by atoms with van der Waals surface area (Å²) in [6.45, 7) is 0.912. The molecular weight excluding hydrogens is 210 g/mol. The van der Waals surface area contributed by atoms with E-state index in [0.717, 1.165) is 24.0 Å². The molecule has 0 bridgehead atoms. The highest BCUT2D eigenvalue weighted by Crippen LogP contribution is 2.22. The van der Waals surface area contributed by atoms with E-state index >= 15 is 0 Å². The summed E-state index contributed by atoms with van der Waals surface area (Å²) in [5.74, 6) is 0. The van der Waals surface area contributed by atoms with E-state index in [0.29, 0.717) is 0 Å². The van der Waals surface area contributed by atoms with Crippen LogP contribution in [0.2, 0.25) is 0 Å². The lowest BCUT2D eigenvalue weighted by Crippen LogP contribution is -2.31. The Balaban J connectivity index is 1.93. The lowest BCUT2D eigenvalue weighted by atomic mass is 10.1. The first-order valence-corrected chi connectivity index (χ1v) is 6.66. The van der Waals surface area contributed by atoms with Crippen LogP contribution in [0.5, 0.6) is 0 Å². The maximum absolute atomic E-state index is 5.78. The van der Waals surface area contributed by atoms with E-state index in [1.54, 1.807) is 6.20 Å². The van der Waals surface area contributed by atoms with Crippen molar-refractivity contribution in [2.24, 2.45) is 0 Å². The Morgan fingerprint density at radius 2 is 2.00 bits per heavy atom. The molecule has 0 spiro atoms. The van der Waals surface area contributed by atoms with Gasteiger partial charge in [-0.1, -0.05) is 25.7 Å². The number of hydrogen-bond acceptors (Lipinski definition) is 3. The van der Waals surface area contributed by atoms with Crippen LogP contribution in [0.15, 0.2) is 18.3 Å². The number of hydrogen-bond donors (Lipinski definition) is 1. The van der Waals surface area contributed by atoms with Crippen molar-refractivity contribution < 1.29 is 0 Å². The molecule has 0 unspecified atom stereocenters. The quantitative estimate of drug-likeness (QED) is 0.816. The number of aromatic nitrogens is 1. The third-order valence-electron chi connectivity index (χ3n) is 3.70. The van der Waals surface area contributed by atoms with E-state index in [-0.39, 0.29) is 0 Å². The average Bonchev–Trinajstić information content (AvgIpc) is 2.57. The molecule has 1 aliphatic rings. The Kier molecular flexibility index (Phi) is 4.37. The smallest absolute Gasteiger partial charge is 0.0564 e. The van der Waals surface area contributed by atoms with Gasteiger partial charge in [0.25, 0.3) is 0 Å². The first kappa shape index (κ1) is 12.4. The monoisotopic (exact) mass is 233 g/mol. The summed E-state index contributed by atoms with van der Waals surface area (Å²) in [4.78, 5) is 6.81. The SMILES string of the molecule is CN(Cc1cc(N)ccn1)C1CCCCCC1. The van der Waals surface area contributed by atoms with Crippen molar-refractivity contribution in [1.29, 1.82) is 0 Å². The minimum atomic E-state index is 0.723. The predicted octanol–water partition coefficient (Wildman–Crippen LogP) is 2.82. The molecule has 0 radical (unpaired) electrons. The second-order valence-electron chi connectivity index (χ2n) is 5.14. The topological polar surface area (TPSA) is 42.1 Å². The number of nitrogens with zero attached hydrogens (tertiary/aromatic N) is 2. The fourth-order valence-corrected chi connectivity index (χ4v) is 2.67. The van der Waals surface area contributed by atoms with Gasteiger partial charge in [-0.05, 0) is 32.0 Å². The summed E-state index contributed by atoms with van der Waals surface area (Å²) in [7, 11) is 2.21.